The quantitative estimate of drug-likeness (QED) is 0.494. The summed E-state index contributed by atoms with van der Waals surface area (Å²) in [5.41, 5.74) is 1.98. The number of aryl methyl sites for hydroxylation is 1. The third kappa shape index (κ3) is 3.08. The molecule has 2 aromatic rings. The molecule has 2 aromatic carbocycles. The van der Waals surface area contributed by atoms with E-state index in [0.717, 1.165) is 11.3 Å². The van der Waals surface area contributed by atoms with Crippen molar-refractivity contribution >= 4 is 6.21 Å². The third-order valence-corrected chi connectivity index (χ3v) is 2.32. The van der Waals surface area contributed by atoms with Crippen LogP contribution in [-0.4, -0.2) is 11.4 Å². The molecule has 0 saturated heterocycles. The van der Waals surface area contributed by atoms with Crippen LogP contribution in [0.4, 0.5) is 0 Å². The molecule has 0 aliphatic heterocycles. The molecule has 17 heavy (non-hydrogen) atoms. The molecule has 0 atom stereocenters. The smallest absolute Gasteiger partial charge is 0.128 e. The number of hydrogen-bond donors (Lipinski definition) is 1. The monoisotopic (exact) mass is 227 g/mol. The van der Waals surface area contributed by atoms with Crippen LogP contribution in [-0.2, 0) is 0 Å². The van der Waals surface area contributed by atoms with Crippen molar-refractivity contribution in [1.82, 2.24) is 0 Å². The third-order valence-electron chi connectivity index (χ3n) is 2.32. The van der Waals surface area contributed by atoms with Crippen molar-refractivity contribution in [2.75, 3.05) is 0 Å². The van der Waals surface area contributed by atoms with Gasteiger partial charge in [0.15, 0.2) is 0 Å². The summed E-state index contributed by atoms with van der Waals surface area (Å²) in [4.78, 5) is 0. The van der Waals surface area contributed by atoms with E-state index < -0.39 is 0 Å². The standard InChI is InChI=1S/C14H13NO2/c1-11-5-7-13(8-6-11)17-14-4-2-3-12(9-14)10-15-16/h2-10,16H,1H3/b15-10+. The van der Waals surface area contributed by atoms with E-state index in [1.165, 1.54) is 11.8 Å². The molecule has 86 valence electrons. The lowest BCUT2D eigenvalue weighted by atomic mass is 10.2. The summed E-state index contributed by atoms with van der Waals surface area (Å²) in [7, 11) is 0. The van der Waals surface area contributed by atoms with Crippen molar-refractivity contribution in [3.63, 3.8) is 0 Å². The molecule has 0 heterocycles. The summed E-state index contributed by atoms with van der Waals surface area (Å²) in [5, 5.41) is 11.4. The van der Waals surface area contributed by atoms with Crippen LogP contribution in [0.15, 0.2) is 53.7 Å². The lowest BCUT2D eigenvalue weighted by Crippen LogP contribution is -1.86. The maximum Gasteiger partial charge on any atom is 0.128 e. The van der Waals surface area contributed by atoms with Crippen molar-refractivity contribution < 1.29 is 9.94 Å². The molecule has 0 saturated carbocycles. The van der Waals surface area contributed by atoms with Gasteiger partial charge in [-0.15, -0.1) is 0 Å². The number of rotatable bonds is 3. The van der Waals surface area contributed by atoms with Crippen molar-refractivity contribution in [2.24, 2.45) is 5.16 Å². The average molecular weight is 227 g/mol. The van der Waals surface area contributed by atoms with Crippen LogP contribution >= 0.6 is 0 Å². The van der Waals surface area contributed by atoms with E-state index in [2.05, 4.69) is 5.16 Å². The van der Waals surface area contributed by atoms with Gasteiger partial charge in [0, 0.05) is 0 Å². The lowest BCUT2D eigenvalue weighted by Gasteiger charge is -2.06. The largest absolute Gasteiger partial charge is 0.457 e. The van der Waals surface area contributed by atoms with Crippen LogP contribution in [0.3, 0.4) is 0 Å². The van der Waals surface area contributed by atoms with E-state index in [9.17, 15) is 0 Å². The van der Waals surface area contributed by atoms with Gasteiger partial charge >= 0.3 is 0 Å². The molecular formula is C14H13NO2. The lowest BCUT2D eigenvalue weighted by molar-refractivity contribution is 0.322. The predicted molar refractivity (Wildman–Crippen MR) is 67.1 cm³/mol. The SMILES string of the molecule is Cc1ccc(Oc2cccc(/C=N/O)c2)cc1. The van der Waals surface area contributed by atoms with Crippen LogP contribution in [0.1, 0.15) is 11.1 Å². The van der Waals surface area contributed by atoms with Crippen LogP contribution in [0.5, 0.6) is 11.5 Å². The first-order valence-corrected chi connectivity index (χ1v) is 5.30. The molecule has 0 radical (unpaired) electrons. The number of benzene rings is 2. The number of nitrogens with zero attached hydrogens (tertiary/aromatic N) is 1. The molecule has 0 aromatic heterocycles. The Bertz CT molecular complexity index is 518. The van der Waals surface area contributed by atoms with E-state index in [4.69, 9.17) is 9.94 Å². The minimum absolute atomic E-state index is 0.714. The predicted octanol–water partition coefficient (Wildman–Crippen LogP) is 3.60. The summed E-state index contributed by atoms with van der Waals surface area (Å²) < 4.78 is 5.68. The molecule has 0 spiro atoms. The summed E-state index contributed by atoms with van der Waals surface area (Å²) in [5.74, 6) is 1.50. The van der Waals surface area contributed by atoms with Gasteiger partial charge in [0.25, 0.3) is 0 Å². The molecule has 0 unspecified atom stereocenters. The first-order valence-electron chi connectivity index (χ1n) is 5.30. The topological polar surface area (TPSA) is 41.8 Å². The van der Waals surface area contributed by atoms with Gasteiger partial charge < -0.3 is 9.94 Å². The molecule has 0 aliphatic rings. The molecule has 0 fully saturated rings. The molecule has 0 aliphatic carbocycles. The fourth-order valence-corrected chi connectivity index (χ4v) is 1.47. The maximum absolute atomic E-state index is 8.46. The number of ether oxygens (including phenoxy) is 1. The fraction of sp³-hybridized carbons (Fsp3) is 0.0714. The Hall–Kier alpha value is -2.29. The molecule has 3 heteroatoms. The minimum Gasteiger partial charge on any atom is -0.457 e. The van der Waals surface area contributed by atoms with E-state index in [-0.39, 0.29) is 0 Å². The highest BCUT2D eigenvalue weighted by Gasteiger charge is 1.97. The Morgan fingerprint density at radius 3 is 2.53 bits per heavy atom. The fourth-order valence-electron chi connectivity index (χ4n) is 1.47. The Labute approximate surface area is 100.0 Å². The molecule has 3 nitrogen and oxygen atoms in total. The molecular weight excluding hydrogens is 214 g/mol. The summed E-state index contributed by atoms with van der Waals surface area (Å²) >= 11 is 0. The molecule has 1 N–H and O–H groups in total. The number of oxime groups is 1. The van der Waals surface area contributed by atoms with Gasteiger partial charge in [0.2, 0.25) is 0 Å². The van der Waals surface area contributed by atoms with Crippen LogP contribution in [0, 0.1) is 6.92 Å². The van der Waals surface area contributed by atoms with Crippen LogP contribution in [0.2, 0.25) is 0 Å². The van der Waals surface area contributed by atoms with Gasteiger partial charge in [-0.1, -0.05) is 35.0 Å². The summed E-state index contributed by atoms with van der Waals surface area (Å²) in [6, 6.07) is 15.2. The van der Waals surface area contributed by atoms with Gasteiger partial charge in [0.1, 0.15) is 11.5 Å². The van der Waals surface area contributed by atoms with E-state index in [1.54, 1.807) is 6.07 Å². The second-order valence-corrected chi connectivity index (χ2v) is 3.73. The Morgan fingerprint density at radius 2 is 1.82 bits per heavy atom. The van der Waals surface area contributed by atoms with Crippen LogP contribution in [0.25, 0.3) is 0 Å². The van der Waals surface area contributed by atoms with Gasteiger partial charge in [0.05, 0.1) is 6.21 Å². The highest BCUT2D eigenvalue weighted by Crippen LogP contribution is 2.22. The van der Waals surface area contributed by atoms with Crippen molar-refractivity contribution in [3.05, 3.63) is 59.7 Å². The zero-order valence-electron chi connectivity index (χ0n) is 9.50. The number of hydrogen-bond acceptors (Lipinski definition) is 3. The van der Waals surface area contributed by atoms with E-state index >= 15 is 0 Å². The molecule has 2 rings (SSSR count). The second-order valence-electron chi connectivity index (χ2n) is 3.73. The molecule has 0 bridgehead atoms. The zero-order valence-corrected chi connectivity index (χ0v) is 9.50. The van der Waals surface area contributed by atoms with Crippen molar-refractivity contribution in [2.45, 2.75) is 6.92 Å². The minimum atomic E-state index is 0.714. The van der Waals surface area contributed by atoms with Crippen molar-refractivity contribution in [3.8, 4) is 11.5 Å². The van der Waals surface area contributed by atoms with Gasteiger partial charge in [-0.25, -0.2) is 0 Å². The van der Waals surface area contributed by atoms with Crippen LogP contribution < -0.4 is 4.74 Å². The van der Waals surface area contributed by atoms with E-state index in [0.29, 0.717) is 5.75 Å². The van der Waals surface area contributed by atoms with Gasteiger partial charge in [-0.2, -0.15) is 0 Å². The molecule has 0 amide bonds. The average Bonchev–Trinajstić information content (AvgIpc) is 2.33. The zero-order chi connectivity index (χ0) is 12.1. The van der Waals surface area contributed by atoms with Crippen molar-refractivity contribution in [1.29, 1.82) is 0 Å². The highest BCUT2D eigenvalue weighted by molar-refractivity contribution is 5.79. The first kappa shape index (κ1) is 11.2. The Morgan fingerprint density at radius 1 is 1.06 bits per heavy atom. The van der Waals surface area contributed by atoms with Gasteiger partial charge in [-0.05, 0) is 36.8 Å². The second kappa shape index (κ2) is 5.16. The van der Waals surface area contributed by atoms with E-state index in [1.807, 2.05) is 49.4 Å². The summed E-state index contributed by atoms with van der Waals surface area (Å²) in [6.07, 6.45) is 1.36. The van der Waals surface area contributed by atoms with Gasteiger partial charge in [-0.3, -0.25) is 0 Å². The first-order chi connectivity index (χ1) is 8.28. The normalized spacial score (nSPS) is 10.6. The Balaban J connectivity index is 2.18. The maximum atomic E-state index is 8.46. The summed E-state index contributed by atoms with van der Waals surface area (Å²) in [6.45, 7) is 2.03. The Kier molecular flexibility index (Phi) is 3.40. The highest BCUT2D eigenvalue weighted by atomic mass is 16.5.